The van der Waals surface area contributed by atoms with E-state index in [4.69, 9.17) is 10.5 Å². The van der Waals surface area contributed by atoms with Gasteiger partial charge in [-0.2, -0.15) is 0 Å². The molecule has 3 aliphatic rings. The maximum absolute atomic E-state index is 12.7. The van der Waals surface area contributed by atoms with Crippen molar-refractivity contribution in [3.63, 3.8) is 0 Å². The fourth-order valence-corrected chi connectivity index (χ4v) is 3.93. The lowest BCUT2D eigenvalue weighted by Gasteiger charge is -2.31. The highest BCUT2D eigenvalue weighted by atomic mass is 16.5. The Hall–Kier alpha value is -2.56. The number of hydrogen-bond acceptors (Lipinski definition) is 3. The summed E-state index contributed by atoms with van der Waals surface area (Å²) in [6.07, 6.45) is 3.19. The van der Waals surface area contributed by atoms with Crippen molar-refractivity contribution in [1.29, 1.82) is 0 Å². The minimum absolute atomic E-state index is 0.00724. The van der Waals surface area contributed by atoms with Crippen LogP contribution in [0.4, 0.5) is 0 Å². The van der Waals surface area contributed by atoms with Crippen LogP contribution < -0.4 is 11.1 Å². The molecule has 1 fully saturated rings. The summed E-state index contributed by atoms with van der Waals surface area (Å²) in [5.41, 5.74) is 7.35. The number of nitrogens with one attached hydrogen (secondary N) is 1. The van der Waals surface area contributed by atoms with Gasteiger partial charge in [-0.15, -0.1) is 0 Å². The maximum atomic E-state index is 12.7. The van der Waals surface area contributed by atoms with Gasteiger partial charge in [-0.1, -0.05) is 37.3 Å². The standard InChI is InChI=1S/C21H24N2O3/c1-12-8-17(12)23-19(24)14-9-15-16(13-6-4-3-5-7-13)11-26-18(15)21(2,10-14)20(22)25/h3-7,9,12,16-17H,8,10-11H2,1-2H3,(H2,22,25)(H,23,24)/t12-,16?,17-,21?/m0/s1. The van der Waals surface area contributed by atoms with Crippen molar-refractivity contribution in [3.05, 3.63) is 58.9 Å². The Morgan fingerprint density at radius 1 is 1.27 bits per heavy atom. The molecule has 4 rings (SSSR count). The number of carbonyl (C=O) groups excluding carboxylic acids is 2. The molecule has 1 aromatic carbocycles. The summed E-state index contributed by atoms with van der Waals surface area (Å²) < 4.78 is 5.94. The van der Waals surface area contributed by atoms with Gasteiger partial charge in [0.05, 0.1) is 6.61 Å². The predicted octanol–water partition coefficient (Wildman–Crippen LogP) is 2.40. The quantitative estimate of drug-likeness (QED) is 0.873. The Morgan fingerprint density at radius 3 is 2.58 bits per heavy atom. The molecule has 0 spiro atoms. The lowest BCUT2D eigenvalue weighted by Crippen LogP contribution is -2.41. The van der Waals surface area contributed by atoms with Gasteiger partial charge < -0.3 is 15.8 Å². The van der Waals surface area contributed by atoms with Crippen molar-refractivity contribution in [2.75, 3.05) is 6.61 Å². The maximum Gasteiger partial charge on any atom is 0.247 e. The molecule has 0 bridgehead atoms. The summed E-state index contributed by atoms with van der Waals surface area (Å²) in [4.78, 5) is 25.0. The van der Waals surface area contributed by atoms with Gasteiger partial charge in [-0.3, -0.25) is 9.59 Å². The SMILES string of the molecule is C[C@H]1C[C@@H]1NC(=O)C1=CC2=C(OCC2c2ccccc2)C(C)(C(N)=O)C1. The monoisotopic (exact) mass is 352 g/mol. The van der Waals surface area contributed by atoms with E-state index in [-0.39, 0.29) is 24.3 Å². The zero-order valence-corrected chi connectivity index (χ0v) is 15.1. The Morgan fingerprint density at radius 2 is 1.96 bits per heavy atom. The predicted molar refractivity (Wildman–Crippen MR) is 97.9 cm³/mol. The fraction of sp³-hybridized carbons (Fsp3) is 0.429. The molecule has 26 heavy (non-hydrogen) atoms. The summed E-state index contributed by atoms with van der Waals surface area (Å²) >= 11 is 0. The zero-order chi connectivity index (χ0) is 18.5. The van der Waals surface area contributed by atoms with Gasteiger partial charge in [0.2, 0.25) is 11.8 Å². The van der Waals surface area contributed by atoms with Gasteiger partial charge in [0.25, 0.3) is 0 Å². The minimum Gasteiger partial charge on any atom is -0.495 e. The topological polar surface area (TPSA) is 81.4 Å². The second-order valence-electron chi connectivity index (χ2n) is 7.89. The Balaban J connectivity index is 1.72. The molecular weight excluding hydrogens is 328 g/mol. The smallest absolute Gasteiger partial charge is 0.247 e. The molecule has 2 aliphatic carbocycles. The highest BCUT2D eigenvalue weighted by molar-refractivity contribution is 5.97. The van der Waals surface area contributed by atoms with E-state index in [0.29, 0.717) is 23.9 Å². The van der Waals surface area contributed by atoms with Crippen LogP contribution in [0.2, 0.25) is 0 Å². The Labute approximate surface area is 153 Å². The largest absolute Gasteiger partial charge is 0.495 e. The number of primary amides is 1. The molecule has 3 N–H and O–H groups in total. The number of ether oxygens (including phenoxy) is 1. The number of nitrogens with two attached hydrogens (primary N) is 1. The van der Waals surface area contributed by atoms with E-state index in [1.807, 2.05) is 36.4 Å². The van der Waals surface area contributed by atoms with Crippen molar-refractivity contribution in [2.24, 2.45) is 17.1 Å². The van der Waals surface area contributed by atoms with Crippen molar-refractivity contribution in [3.8, 4) is 0 Å². The van der Waals surface area contributed by atoms with Crippen LogP contribution in [0.3, 0.4) is 0 Å². The summed E-state index contributed by atoms with van der Waals surface area (Å²) in [5, 5.41) is 3.06. The van der Waals surface area contributed by atoms with Gasteiger partial charge >= 0.3 is 0 Å². The number of allylic oxidation sites excluding steroid dienone is 1. The van der Waals surface area contributed by atoms with E-state index in [9.17, 15) is 9.59 Å². The third kappa shape index (κ3) is 2.71. The summed E-state index contributed by atoms with van der Waals surface area (Å²) in [5.74, 6) is 0.587. The van der Waals surface area contributed by atoms with Gasteiger partial charge in [-0.05, 0) is 37.3 Å². The third-order valence-electron chi connectivity index (χ3n) is 5.87. The molecule has 1 saturated carbocycles. The Bertz CT molecular complexity index is 827. The highest BCUT2D eigenvalue weighted by Crippen LogP contribution is 2.49. The molecule has 5 heteroatoms. The molecule has 2 amide bonds. The summed E-state index contributed by atoms with van der Waals surface area (Å²) in [6.45, 7) is 4.35. The van der Waals surface area contributed by atoms with Crippen molar-refractivity contribution in [2.45, 2.75) is 38.6 Å². The first-order valence-corrected chi connectivity index (χ1v) is 9.14. The van der Waals surface area contributed by atoms with E-state index in [2.05, 4.69) is 12.2 Å². The van der Waals surface area contributed by atoms with Crippen LogP contribution in [0.5, 0.6) is 0 Å². The Kier molecular flexibility index (Phi) is 3.90. The molecule has 5 nitrogen and oxygen atoms in total. The van der Waals surface area contributed by atoms with Crippen LogP contribution in [0, 0.1) is 11.3 Å². The number of amides is 2. The second-order valence-corrected chi connectivity index (χ2v) is 7.89. The van der Waals surface area contributed by atoms with E-state index in [1.54, 1.807) is 6.92 Å². The molecule has 2 unspecified atom stereocenters. The molecule has 1 aromatic rings. The van der Waals surface area contributed by atoms with Crippen molar-refractivity contribution >= 4 is 11.8 Å². The van der Waals surface area contributed by atoms with Crippen molar-refractivity contribution < 1.29 is 14.3 Å². The van der Waals surface area contributed by atoms with Crippen molar-refractivity contribution in [1.82, 2.24) is 5.32 Å². The number of benzene rings is 1. The summed E-state index contributed by atoms with van der Waals surface area (Å²) in [7, 11) is 0. The molecule has 4 atom stereocenters. The number of hydrogen-bond donors (Lipinski definition) is 2. The average Bonchev–Trinajstić information content (AvgIpc) is 3.14. The average molecular weight is 352 g/mol. The normalized spacial score (nSPS) is 32.4. The van der Waals surface area contributed by atoms with Crippen LogP contribution in [-0.4, -0.2) is 24.5 Å². The summed E-state index contributed by atoms with van der Waals surface area (Å²) in [6, 6.07) is 10.3. The van der Waals surface area contributed by atoms with Crippen LogP contribution in [0.15, 0.2) is 53.3 Å². The van der Waals surface area contributed by atoms with Gasteiger partial charge in [0.15, 0.2) is 0 Å². The molecule has 1 heterocycles. The first kappa shape index (κ1) is 16.9. The highest BCUT2D eigenvalue weighted by Gasteiger charge is 2.48. The molecular formula is C21H24N2O3. The van der Waals surface area contributed by atoms with Crippen LogP contribution in [0.25, 0.3) is 0 Å². The second kappa shape index (κ2) is 6.01. The van der Waals surface area contributed by atoms with Crippen LogP contribution in [0.1, 0.15) is 38.2 Å². The molecule has 0 saturated heterocycles. The molecule has 0 aromatic heterocycles. The van der Waals surface area contributed by atoms with E-state index in [1.165, 1.54) is 0 Å². The number of rotatable bonds is 4. The fourth-order valence-electron chi connectivity index (χ4n) is 3.93. The van der Waals surface area contributed by atoms with E-state index in [0.717, 1.165) is 17.6 Å². The van der Waals surface area contributed by atoms with E-state index < -0.39 is 11.3 Å². The van der Waals surface area contributed by atoms with Gasteiger partial charge in [0, 0.05) is 23.1 Å². The van der Waals surface area contributed by atoms with Gasteiger partial charge in [-0.25, -0.2) is 0 Å². The molecule has 136 valence electrons. The lowest BCUT2D eigenvalue weighted by molar-refractivity contribution is -0.127. The van der Waals surface area contributed by atoms with Crippen LogP contribution >= 0.6 is 0 Å². The third-order valence-corrected chi connectivity index (χ3v) is 5.87. The molecule has 1 aliphatic heterocycles. The van der Waals surface area contributed by atoms with Crippen LogP contribution in [-0.2, 0) is 14.3 Å². The minimum atomic E-state index is -0.991. The van der Waals surface area contributed by atoms with E-state index >= 15 is 0 Å². The first-order chi connectivity index (χ1) is 12.4. The first-order valence-electron chi connectivity index (χ1n) is 9.14. The number of carbonyl (C=O) groups is 2. The zero-order valence-electron chi connectivity index (χ0n) is 15.1. The lowest BCUT2D eigenvalue weighted by atomic mass is 9.73. The molecule has 0 radical (unpaired) electrons. The van der Waals surface area contributed by atoms with Gasteiger partial charge in [0.1, 0.15) is 11.2 Å².